The highest BCUT2D eigenvalue weighted by Gasteiger charge is 2.39. The summed E-state index contributed by atoms with van der Waals surface area (Å²) in [4.78, 5) is 13.7. The summed E-state index contributed by atoms with van der Waals surface area (Å²) >= 11 is 0. The van der Waals surface area contributed by atoms with Crippen LogP contribution in [0.15, 0.2) is 4.79 Å². The van der Waals surface area contributed by atoms with Crippen LogP contribution in [0.4, 0.5) is 13.2 Å². The second-order valence-electron chi connectivity index (χ2n) is 3.70. The number of halogens is 3. The lowest BCUT2D eigenvalue weighted by Gasteiger charge is -2.21. The van der Waals surface area contributed by atoms with Gasteiger partial charge in [-0.05, 0) is 5.56 Å². The lowest BCUT2D eigenvalue weighted by Crippen LogP contribution is -2.32. The molecule has 90 valence electrons. The van der Waals surface area contributed by atoms with E-state index in [1.807, 2.05) is 0 Å². The number of hydrogen-bond donors (Lipinski definition) is 2. The first-order valence-electron chi connectivity index (χ1n) is 4.91. The van der Waals surface area contributed by atoms with Crippen molar-refractivity contribution in [1.29, 1.82) is 5.26 Å². The topological polar surface area (TPSA) is 68.7 Å². The number of nitriles is 1. The summed E-state index contributed by atoms with van der Waals surface area (Å²) < 4.78 is 38.6. The van der Waals surface area contributed by atoms with Gasteiger partial charge in [-0.25, -0.2) is 0 Å². The van der Waals surface area contributed by atoms with E-state index in [4.69, 9.17) is 5.26 Å². The fourth-order valence-corrected chi connectivity index (χ4v) is 1.95. The third-order valence-electron chi connectivity index (χ3n) is 2.66. The van der Waals surface area contributed by atoms with Crippen LogP contribution in [-0.4, -0.2) is 11.5 Å². The predicted molar refractivity (Wildman–Crippen MR) is 52.2 cm³/mol. The minimum atomic E-state index is -4.69. The second-order valence-corrected chi connectivity index (χ2v) is 3.70. The molecule has 1 aromatic heterocycles. The third-order valence-corrected chi connectivity index (χ3v) is 2.66. The Morgan fingerprint density at radius 1 is 1.35 bits per heavy atom. The van der Waals surface area contributed by atoms with Crippen molar-refractivity contribution in [2.75, 3.05) is 6.54 Å². The van der Waals surface area contributed by atoms with E-state index in [1.54, 1.807) is 0 Å². The molecule has 4 nitrogen and oxygen atoms in total. The maximum absolute atomic E-state index is 12.9. The molecule has 0 fully saturated rings. The van der Waals surface area contributed by atoms with E-state index < -0.39 is 22.9 Å². The zero-order valence-corrected chi connectivity index (χ0v) is 8.61. The van der Waals surface area contributed by atoms with E-state index >= 15 is 0 Å². The first-order chi connectivity index (χ1) is 7.95. The van der Waals surface area contributed by atoms with Crippen molar-refractivity contribution in [2.45, 2.75) is 19.1 Å². The minimum Gasteiger partial charge on any atom is -0.325 e. The molecule has 0 bridgehead atoms. The largest absolute Gasteiger partial charge is 0.418 e. The quantitative estimate of drug-likeness (QED) is 0.711. The molecule has 1 aliphatic rings. The van der Waals surface area contributed by atoms with E-state index in [-0.39, 0.29) is 17.8 Å². The molecule has 0 amide bonds. The molecule has 1 aliphatic heterocycles. The number of nitrogens with one attached hydrogen (secondary N) is 2. The Balaban J connectivity index is 2.81. The zero-order chi connectivity index (χ0) is 12.6. The molecule has 7 heteroatoms. The van der Waals surface area contributed by atoms with Crippen LogP contribution in [0.1, 0.15) is 22.4 Å². The van der Waals surface area contributed by atoms with E-state index in [2.05, 4.69) is 10.3 Å². The van der Waals surface area contributed by atoms with Gasteiger partial charge in [0, 0.05) is 25.2 Å². The van der Waals surface area contributed by atoms with E-state index in [1.165, 1.54) is 6.07 Å². The monoisotopic (exact) mass is 243 g/mol. The first kappa shape index (κ1) is 11.7. The molecule has 1 aromatic rings. The molecule has 0 aromatic carbocycles. The van der Waals surface area contributed by atoms with Crippen molar-refractivity contribution in [3.05, 3.63) is 32.7 Å². The highest BCUT2D eigenvalue weighted by atomic mass is 19.4. The summed E-state index contributed by atoms with van der Waals surface area (Å²) in [6.07, 6.45) is -4.37. The Morgan fingerprint density at radius 3 is 2.65 bits per heavy atom. The van der Waals surface area contributed by atoms with Gasteiger partial charge in [-0.15, -0.1) is 0 Å². The average Bonchev–Trinajstić information content (AvgIpc) is 2.25. The molecule has 17 heavy (non-hydrogen) atoms. The maximum atomic E-state index is 12.9. The summed E-state index contributed by atoms with van der Waals surface area (Å²) in [7, 11) is 0. The van der Waals surface area contributed by atoms with Crippen molar-refractivity contribution in [1.82, 2.24) is 10.3 Å². The summed E-state index contributed by atoms with van der Waals surface area (Å²) in [5.74, 6) is 0. The molecule has 0 atom stereocenters. The van der Waals surface area contributed by atoms with Crippen molar-refractivity contribution < 1.29 is 13.2 Å². The zero-order valence-electron chi connectivity index (χ0n) is 8.61. The van der Waals surface area contributed by atoms with Gasteiger partial charge >= 0.3 is 6.18 Å². The molecule has 0 saturated carbocycles. The van der Waals surface area contributed by atoms with Gasteiger partial charge in [0.15, 0.2) is 0 Å². The fourth-order valence-electron chi connectivity index (χ4n) is 1.95. The summed E-state index contributed by atoms with van der Waals surface area (Å²) in [6, 6.07) is 1.33. The number of rotatable bonds is 0. The Hall–Kier alpha value is -1.81. The number of aromatic nitrogens is 1. The normalized spacial score (nSPS) is 15.2. The van der Waals surface area contributed by atoms with Crippen LogP contribution in [0.5, 0.6) is 0 Å². The summed E-state index contributed by atoms with van der Waals surface area (Å²) in [6.45, 7) is 0.516. The van der Waals surface area contributed by atoms with Gasteiger partial charge < -0.3 is 10.3 Å². The molecular weight excluding hydrogens is 235 g/mol. The highest BCUT2D eigenvalue weighted by molar-refractivity contribution is 5.45. The lowest BCUT2D eigenvalue weighted by molar-refractivity contribution is -0.138. The SMILES string of the molecule is N#Cc1c(C(F)(F)F)c2c([nH]c1=O)CCNC2. The molecule has 0 unspecified atom stereocenters. The first-order valence-corrected chi connectivity index (χ1v) is 4.91. The van der Waals surface area contributed by atoms with Crippen molar-refractivity contribution in [3.63, 3.8) is 0 Å². The van der Waals surface area contributed by atoms with Crippen molar-refractivity contribution in [3.8, 4) is 6.07 Å². The maximum Gasteiger partial charge on any atom is 0.418 e. The van der Waals surface area contributed by atoms with Crippen LogP contribution >= 0.6 is 0 Å². The fraction of sp³-hybridized carbons (Fsp3) is 0.400. The third kappa shape index (κ3) is 1.91. The van der Waals surface area contributed by atoms with Crippen LogP contribution in [0.2, 0.25) is 0 Å². The van der Waals surface area contributed by atoms with Gasteiger partial charge in [-0.1, -0.05) is 0 Å². The van der Waals surface area contributed by atoms with Crippen LogP contribution in [0.3, 0.4) is 0 Å². The number of hydrogen-bond acceptors (Lipinski definition) is 3. The molecule has 0 aliphatic carbocycles. The number of aromatic amines is 1. The molecule has 0 spiro atoms. The van der Waals surface area contributed by atoms with Gasteiger partial charge in [0.05, 0.1) is 5.56 Å². The van der Waals surface area contributed by atoms with Gasteiger partial charge in [-0.3, -0.25) is 4.79 Å². The standard InChI is InChI=1S/C10H8F3N3O/c11-10(12,13)8-5(3-14)9(17)16-7-1-2-15-4-6(7)8/h15H,1-2,4H2,(H,16,17). The Morgan fingerprint density at radius 2 is 2.06 bits per heavy atom. The van der Waals surface area contributed by atoms with Gasteiger partial charge in [-0.2, -0.15) is 18.4 Å². The van der Waals surface area contributed by atoms with Gasteiger partial charge in [0.2, 0.25) is 0 Å². The Bertz CT molecular complexity index is 554. The minimum absolute atomic E-state index is 0.00956. The van der Waals surface area contributed by atoms with Crippen molar-refractivity contribution >= 4 is 0 Å². The number of alkyl halides is 3. The highest BCUT2D eigenvalue weighted by Crippen LogP contribution is 2.34. The van der Waals surface area contributed by atoms with Crippen LogP contribution in [0, 0.1) is 11.3 Å². The number of pyridine rings is 1. The number of nitrogens with zero attached hydrogens (tertiary/aromatic N) is 1. The van der Waals surface area contributed by atoms with E-state index in [0.717, 1.165) is 0 Å². The van der Waals surface area contributed by atoms with E-state index in [9.17, 15) is 18.0 Å². The lowest BCUT2D eigenvalue weighted by atomic mass is 9.97. The Kier molecular flexibility index (Phi) is 2.67. The molecule has 0 radical (unpaired) electrons. The van der Waals surface area contributed by atoms with E-state index in [0.29, 0.717) is 13.0 Å². The summed E-state index contributed by atoms with van der Waals surface area (Å²) in [5, 5.41) is 11.5. The number of fused-ring (bicyclic) bond motifs is 1. The average molecular weight is 243 g/mol. The summed E-state index contributed by atoms with van der Waals surface area (Å²) in [5.41, 5.74) is -2.70. The van der Waals surface area contributed by atoms with Crippen molar-refractivity contribution in [2.24, 2.45) is 0 Å². The van der Waals surface area contributed by atoms with Crippen LogP contribution in [0.25, 0.3) is 0 Å². The second kappa shape index (κ2) is 3.89. The predicted octanol–water partition coefficient (Wildman–Crippen LogP) is 0.911. The molecule has 2 heterocycles. The number of H-pyrrole nitrogens is 1. The van der Waals surface area contributed by atoms with Crippen LogP contribution < -0.4 is 10.9 Å². The molecule has 0 saturated heterocycles. The molecule has 2 rings (SSSR count). The Labute approximate surface area is 94.1 Å². The smallest absolute Gasteiger partial charge is 0.325 e. The molecule has 2 N–H and O–H groups in total. The van der Waals surface area contributed by atoms with Crippen LogP contribution in [-0.2, 0) is 19.1 Å². The molecular formula is C10H8F3N3O. The van der Waals surface area contributed by atoms with Gasteiger partial charge in [0.25, 0.3) is 5.56 Å². The van der Waals surface area contributed by atoms with Gasteiger partial charge in [0.1, 0.15) is 11.6 Å².